The van der Waals surface area contributed by atoms with Gasteiger partial charge in [0.2, 0.25) is 0 Å². The van der Waals surface area contributed by atoms with Crippen molar-refractivity contribution in [3.8, 4) is 0 Å². The number of nitrogens with one attached hydrogen (secondary N) is 1. The van der Waals surface area contributed by atoms with Crippen molar-refractivity contribution in [3.63, 3.8) is 0 Å². The van der Waals surface area contributed by atoms with Gasteiger partial charge in [0.1, 0.15) is 5.56 Å². The van der Waals surface area contributed by atoms with E-state index in [1.807, 2.05) is 0 Å². The molecule has 0 spiro atoms. The summed E-state index contributed by atoms with van der Waals surface area (Å²) in [4.78, 5) is 0. The lowest BCUT2D eigenvalue weighted by molar-refractivity contribution is -0.137. The summed E-state index contributed by atoms with van der Waals surface area (Å²) >= 11 is 0. The molecule has 3 rings (SSSR count). The Morgan fingerprint density at radius 1 is 1.11 bits per heavy atom. The van der Waals surface area contributed by atoms with Gasteiger partial charge in [-0.25, -0.2) is 0 Å². The molecule has 6 heteroatoms. The van der Waals surface area contributed by atoms with E-state index in [4.69, 9.17) is 0 Å². The predicted octanol–water partition coefficient (Wildman–Crippen LogP) is 3.61. The van der Waals surface area contributed by atoms with Crippen molar-refractivity contribution >= 4 is 11.0 Å². The smallest absolute Gasteiger partial charge is 0.356 e. The number of hydrogen-bond donors (Lipinski definition) is 1. The zero-order valence-corrected chi connectivity index (χ0v) is 10.3. The van der Waals surface area contributed by atoms with Gasteiger partial charge in [-0.2, -0.15) is 13.2 Å². The Labute approximate surface area is 108 Å². The highest BCUT2D eigenvalue weighted by Crippen LogP contribution is 2.34. The van der Waals surface area contributed by atoms with E-state index >= 15 is 0 Å². The average molecular weight is 272 g/mol. The van der Waals surface area contributed by atoms with Gasteiger partial charge in [0.25, 0.3) is 0 Å². The van der Waals surface area contributed by atoms with Gasteiger partial charge in [-0.05, 0) is 38.1 Å². The molecule has 2 aromatic rings. The summed E-state index contributed by atoms with van der Waals surface area (Å²) in [6.45, 7) is 2.50. The summed E-state index contributed by atoms with van der Waals surface area (Å²) < 4.78 is 41.4. The van der Waals surface area contributed by atoms with Crippen LogP contribution in [0.2, 0.25) is 0 Å². The van der Waals surface area contributed by atoms with Crippen molar-refractivity contribution in [3.05, 3.63) is 30.0 Å². The Bertz CT molecular complexity index is 506. The van der Waals surface area contributed by atoms with Gasteiger partial charge in [0, 0.05) is 5.39 Å². The fourth-order valence-electron chi connectivity index (χ4n) is 1.92. The minimum absolute atomic E-state index is 0.213. The molecular formula is C13H15F3N2O. The van der Waals surface area contributed by atoms with Crippen LogP contribution in [0.5, 0.6) is 0 Å². The van der Waals surface area contributed by atoms with Crippen molar-refractivity contribution in [2.75, 3.05) is 13.1 Å². The molecule has 1 fully saturated rings. The second-order valence-corrected chi connectivity index (χ2v) is 4.36. The Morgan fingerprint density at radius 2 is 1.84 bits per heavy atom. The molecule has 1 aliphatic rings. The number of fused-ring (bicyclic) bond motifs is 1. The number of rotatable bonds is 0. The molecule has 1 aromatic heterocycles. The highest BCUT2D eigenvalue weighted by atomic mass is 19.4. The Kier molecular flexibility index (Phi) is 4.42. The van der Waals surface area contributed by atoms with E-state index < -0.39 is 11.7 Å². The number of hydrogen-bond acceptors (Lipinski definition) is 3. The number of alkyl halides is 3. The molecule has 1 aromatic carbocycles. The highest BCUT2D eigenvalue weighted by Gasteiger charge is 2.34. The zero-order chi connectivity index (χ0) is 13.7. The van der Waals surface area contributed by atoms with Crippen molar-refractivity contribution in [2.24, 2.45) is 0 Å². The third-order valence-electron chi connectivity index (χ3n) is 2.89. The van der Waals surface area contributed by atoms with Gasteiger partial charge in [0.05, 0.1) is 6.20 Å². The number of para-hydroxylation sites is 1. The van der Waals surface area contributed by atoms with Gasteiger partial charge < -0.3 is 9.84 Å². The molecule has 19 heavy (non-hydrogen) atoms. The average Bonchev–Trinajstić information content (AvgIpc) is 2.88. The lowest BCUT2D eigenvalue weighted by atomic mass is 10.1. The maximum absolute atomic E-state index is 12.3. The first kappa shape index (κ1) is 13.9. The molecule has 104 valence electrons. The molecule has 0 aliphatic carbocycles. The summed E-state index contributed by atoms with van der Waals surface area (Å²) in [5, 5.41) is 6.94. The first-order valence-corrected chi connectivity index (χ1v) is 6.20. The van der Waals surface area contributed by atoms with E-state index in [1.165, 1.54) is 50.7 Å². The molecule has 0 unspecified atom stereocenters. The fourth-order valence-corrected chi connectivity index (χ4v) is 1.92. The van der Waals surface area contributed by atoms with Crippen molar-refractivity contribution in [2.45, 2.75) is 25.4 Å². The van der Waals surface area contributed by atoms with Gasteiger partial charge in [-0.3, -0.25) is 0 Å². The molecule has 1 N–H and O–H groups in total. The summed E-state index contributed by atoms with van der Waals surface area (Å²) in [6.07, 6.45) is 1.08. The molecular weight excluding hydrogens is 257 g/mol. The van der Waals surface area contributed by atoms with Crippen LogP contribution in [0.25, 0.3) is 11.0 Å². The molecule has 0 radical (unpaired) electrons. The maximum Gasteiger partial charge on any atom is 0.420 e. The Morgan fingerprint density at radius 3 is 2.37 bits per heavy atom. The van der Waals surface area contributed by atoms with E-state index in [9.17, 15) is 13.2 Å². The van der Waals surface area contributed by atoms with E-state index in [0.29, 0.717) is 5.39 Å². The van der Waals surface area contributed by atoms with Crippen molar-refractivity contribution < 1.29 is 17.7 Å². The maximum atomic E-state index is 12.3. The standard InChI is InChI=1S/C8H4F3NO.C5H11N/c9-8(10,11)6-3-1-2-5-4-12-13-7(5)6;1-2-4-6-5-3-1/h1-4H;6H,1-5H2. The predicted molar refractivity (Wildman–Crippen MR) is 65.7 cm³/mol. The van der Waals surface area contributed by atoms with E-state index in [0.717, 1.165) is 6.07 Å². The third kappa shape index (κ3) is 3.70. The highest BCUT2D eigenvalue weighted by molar-refractivity contribution is 5.79. The third-order valence-corrected chi connectivity index (χ3v) is 2.89. The van der Waals surface area contributed by atoms with Crippen molar-refractivity contribution in [1.29, 1.82) is 0 Å². The monoisotopic (exact) mass is 272 g/mol. The fraction of sp³-hybridized carbons (Fsp3) is 0.462. The summed E-state index contributed by atoms with van der Waals surface area (Å²) in [7, 11) is 0. The molecule has 0 atom stereocenters. The van der Waals surface area contributed by atoms with Crippen LogP contribution in [-0.4, -0.2) is 18.2 Å². The first-order chi connectivity index (χ1) is 9.09. The first-order valence-electron chi connectivity index (χ1n) is 6.20. The van der Waals surface area contributed by atoms with Crippen molar-refractivity contribution in [1.82, 2.24) is 10.5 Å². The zero-order valence-electron chi connectivity index (χ0n) is 10.3. The lowest BCUT2D eigenvalue weighted by Gasteiger charge is -2.08. The van der Waals surface area contributed by atoms with Crippen LogP contribution >= 0.6 is 0 Å². The molecule has 0 bridgehead atoms. The second kappa shape index (κ2) is 6.06. The summed E-state index contributed by atoms with van der Waals surface area (Å²) in [5.74, 6) is 0. The molecule has 3 nitrogen and oxygen atoms in total. The topological polar surface area (TPSA) is 38.1 Å². The number of aromatic nitrogens is 1. The number of halogens is 3. The Balaban J connectivity index is 0.000000186. The van der Waals surface area contributed by atoms with Crippen LogP contribution in [-0.2, 0) is 6.18 Å². The number of benzene rings is 1. The summed E-state index contributed by atoms with van der Waals surface area (Å²) in [6, 6.07) is 3.80. The molecule has 2 heterocycles. The Hall–Kier alpha value is -1.56. The van der Waals surface area contributed by atoms with E-state index in [2.05, 4.69) is 15.0 Å². The summed E-state index contributed by atoms with van der Waals surface area (Å²) in [5.41, 5.74) is -1.00. The number of nitrogens with zero attached hydrogens (tertiary/aromatic N) is 1. The molecule has 0 amide bonds. The molecule has 1 aliphatic heterocycles. The van der Waals surface area contributed by atoms with Crippen LogP contribution in [0.3, 0.4) is 0 Å². The van der Waals surface area contributed by atoms with Gasteiger partial charge >= 0.3 is 6.18 Å². The van der Waals surface area contributed by atoms with Gasteiger partial charge in [0.15, 0.2) is 5.58 Å². The van der Waals surface area contributed by atoms with Crippen LogP contribution in [0, 0.1) is 0 Å². The van der Waals surface area contributed by atoms with E-state index in [1.54, 1.807) is 0 Å². The SMILES string of the molecule is C1CCNCC1.FC(F)(F)c1cccc2cnoc12. The lowest BCUT2D eigenvalue weighted by Crippen LogP contribution is -2.21. The van der Waals surface area contributed by atoms with Crippen LogP contribution in [0.4, 0.5) is 13.2 Å². The van der Waals surface area contributed by atoms with Crippen LogP contribution in [0.1, 0.15) is 24.8 Å². The number of piperidine rings is 1. The molecule has 0 saturated carbocycles. The molecule has 1 saturated heterocycles. The quantitative estimate of drug-likeness (QED) is 0.796. The second-order valence-electron chi connectivity index (χ2n) is 4.36. The van der Waals surface area contributed by atoms with Gasteiger partial charge in [-0.1, -0.05) is 17.6 Å². The largest absolute Gasteiger partial charge is 0.420 e. The van der Waals surface area contributed by atoms with E-state index in [-0.39, 0.29) is 5.58 Å². The van der Waals surface area contributed by atoms with Crippen LogP contribution in [0.15, 0.2) is 28.9 Å². The minimum Gasteiger partial charge on any atom is -0.356 e. The normalized spacial score (nSPS) is 15.9. The van der Waals surface area contributed by atoms with Gasteiger partial charge in [-0.15, -0.1) is 0 Å². The minimum atomic E-state index is -4.39. The van der Waals surface area contributed by atoms with Crippen LogP contribution < -0.4 is 5.32 Å².